The predicted molar refractivity (Wildman–Crippen MR) is 92.4 cm³/mol. The second-order valence-corrected chi connectivity index (χ2v) is 6.24. The normalized spacial score (nSPS) is 14.2. The van der Waals surface area contributed by atoms with Gasteiger partial charge >= 0.3 is 0 Å². The molecule has 3 aromatic rings. The summed E-state index contributed by atoms with van der Waals surface area (Å²) in [6.45, 7) is 0. The molecule has 1 saturated carbocycles. The maximum absolute atomic E-state index is 5.41. The van der Waals surface area contributed by atoms with Crippen LogP contribution in [0.25, 0.3) is 21.9 Å². The smallest absolute Gasteiger partial charge is 0.119 e. The van der Waals surface area contributed by atoms with Crippen molar-refractivity contribution in [3.05, 3.63) is 66.2 Å². The van der Waals surface area contributed by atoms with Gasteiger partial charge in [-0.1, -0.05) is 42.5 Å². The molecule has 0 aliphatic heterocycles. The Morgan fingerprint density at radius 3 is 2.45 bits per heavy atom. The van der Waals surface area contributed by atoms with Crippen LogP contribution in [0.3, 0.4) is 0 Å². The lowest BCUT2D eigenvalue weighted by Crippen LogP contribution is -1.92. The van der Waals surface area contributed by atoms with Gasteiger partial charge in [0, 0.05) is 0 Å². The average Bonchev–Trinajstić information content (AvgIpc) is 3.39. The van der Waals surface area contributed by atoms with E-state index in [2.05, 4.69) is 60.7 Å². The maximum Gasteiger partial charge on any atom is 0.119 e. The van der Waals surface area contributed by atoms with Crippen LogP contribution in [0.15, 0.2) is 60.7 Å². The van der Waals surface area contributed by atoms with Gasteiger partial charge in [0.05, 0.1) is 7.11 Å². The Hall–Kier alpha value is -2.28. The van der Waals surface area contributed by atoms with Crippen LogP contribution in [0.2, 0.25) is 0 Å². The van der Waals surface area contributed by atoms with Crippen LogP contribution in [0.4, 0.5) is 0 Å². The SMILES string of the molecule is COc1ccc2cc(-c3ccccc3)cc(CC3CC3)c2c1. The van der Waals surface area contributed by atoms with Gasteiger partial charge in [0.1, 0.15) is 5.75 Å². The van der Waals surface area contributed by atoms with Gasteiger partial charge in [-0.2, -0.15) is 0 Å². The van der Waals surface area contributed by atoms with Crippen molar-refractivity contribution >= 4 is 10.8 Å². The van der Waals surface area contributed by atoms with E-state index in [9.17, 15) is 0 Å². The molecule has 0 heterocycles. The third kappa shape index (κ3) is 2.59. The van der Waals surface area contributed by atoms with E-state index in [1.54, 1.807) is 7.11 Å². The van der Waals surface area contributed by atoms with E-state index < -0.39 is 0 Å². The van der Waals surface area contributed by atoms with Gasteiger partial charge in [-0.3, -0.25) is 0 Å². The zero-order chi connectivity index (χ0) is 14.9. The number of ether oxygens (including phenoxy) is 1. The van der Waals surface area contributed by atoms with Crippen LogP contribution in [0.5, 0.6) is 5.75 Å². The molecule has 1 heteroatoms. The van der Waals surface area contributed by atoms with Crippen molar-refractivity contribution < 1.29 is 4.74 Å². The molecule has 0 N–H and O–H groups in total. The Kier molecular flexibility index (Phi) is 3.34. The molecule has 22 heavy (non-hydrogen) atoms. The van der Waals surface area contributed by atoms with Gasteiger partial charge in [-0.05, 0) is 70.8 Å². The van der Waals surface area contributed by atoms with Crippen LogP contribution in [-0.4, -0.2) is 7.11 Å². The molecule has 1 fully saturated rings. The number of fused-ring (bicyclic) bond motifs is 1. The lowest BCUT2D eigenvalue weighted by molar-refractivity contribution is 0.415. The highest BCUT2D eigenvalue weighted by atomic mass is 16.5. The first kappa shape index (κ1) is 13.4. The Balaban J connectivity index is 1.89. The maximum atomic E-state index is 5.41. The van der Waals surface area contributed by atoms with E-state index >= 15 is 0 Å². The number of methoxy groups -OCH3 is 1. The summed E-state index contributed by atoms with van der Waals surface area (Å²) in [6, 6.07) is 21.7. The van der Waals surface area contributed by atoms with Gasteiger partial charge in [0.25, 0.3) is 0 Å². The topological polar surface area (TPSA) is 9.23 Å². The van der Waals surface area contributed by atoms with Gasteiger partial charge in [-0.15, -0.1) is 0 Å². The van der Waals surface area contributed by atoms with Gasteiger partial charge in [0.2, 0.25) is 0 Å². The van der Waals surface area contributed by atoms with Crippen molar-refractivity contribution in [3.8, 4) is 16.9 Å². The zero-order valence-corrected chi connectivity index (χ0v) is 12.9. The fourth-order valence-corrected chi connectivity index (χ4v) is 3.14. The summed E-state index contributed by atoms with van der Waals surface area (Å²) in [5.41, 5.74) is 4.06. The number of benzene rings is 3. The molecule has 1 aliphatic rings. The van der Waals surface area contributed by atoms with E-state index in [1.165, 1.54) is 46.7 Å². The van der Waals surface area contributed by atoms with Crippen LogP contribution in [0.1, 0.15) is 18.4 Å². The second kappa shape index (κ2) is 5.49. The van der Waals surface area contributed by atoms with E-state index in [0.29, 0.717) is 0 Å². The van der Waals surface area contributed by atoms with Crippen molar-refractivity contribution in [2.75, 3.05) is 7.11 Å². The Labute approximate surface area is 131 Å². The standard InChI is InChI=1S/C21H20O/c1-22-20-10-9-17-12-18(16-5-3-2-4-6-16)13-19(21(17)14-20)11-15-7-8-15/h2-6,9-10,12-15H,7-8,11H2,1H3. The molecule has 4 rings (SSSR count). The van der Waals surface area contributed by atoms with Crippen molar-refractivity contribution in [1.29, 1.82) is 0 Å². The van der Waals surface area contributed by atoms with E-state index in [-0.39, 0.29) is 0 Å². The quantitative estimate of drug-likeness (QED) is 0.618. The highest BCUT2D eigenvalue weighted by molar-refractivity contribution is 5.91. The van der Waals surface area contributed by atoms with Crippen molar-refractivity contribution in [1.82, 2.24) is 0 Å². The van der Waals surface area contributed by atoms with Crippen molar-refractivity contribution in [3.63, 3.8) is 0 Å². The molecular formula is C21H20O. The molecule has 1 nitrogen and oxygen atoms in total. The fraction of sp³-hybridized carbons (Fsp3) is 0.238. The molecule has 0 amide bonds. The molecule has 0 saturated heterocycles. The van der Waals surface area contributed by atoms with Crippen molar-refractivity contribution in [2.24, 2.45) is 5.92 Å². The summed E-state index contributed by atoms with van der Waals surface area (Å²) in [5.74, 6) is 1.82. The van der Waals surface area contributed by atoms with E-state index in [0.717, 1.165) is 11.7 Å². The number of rotatable bonds is 4. The van der Waals surface area contributed by atoms with E-state index in [4.69, 9.17) is 4.74 Å². The first-order valence-electron chi connectivity index (χ1n) is 7.99. The Morgan fingerprint density at radius 1 is 0.909 bits per heavy atom. The molecule has 3 aromatic carbocycles. The van der Waals surface area contributed by atoms with Crippen molar-refractivity contribution in [2.45, 2.75) is 19.3 Å². The van der Waals surface area contributed by atoms with Gasteiger partial charge in [0.15, 0.2) is 0 Å². The Bertz CT molecular complexity index is 801. The number of hydrogen-bond acceptors (Lipinski definition) is 1. The molecule has 110 valence electrons. The van der Waals surface area contributed by atoms with Gasteiger partial charge in [-0.25, -0.2) is 0 Å². The first-order valence-corrected chi connectivity index (χ1v) is 7.99. The van der Waals surface area contributed by atoms with Gasteiger partial charge < -0.3 is 4.74 Å². The van der Waals surface area contributed by atoms with Crippen LogP contribution >= 0.6 is 0 Å². The molecule has 0 unspecified atom stereocenters. The summed E-state index contributed by atoms with van der Waals surface area (Å²) in [4.78, 5) is 0. The minimum absolute atomic E-state index is 0.875. The minimum Gasteiger partial charge on any atom is -0.497 e. The predicted octanol–water partition coefficient (Wildman–Crippen LogP) is 5.47. The molecule has 0 aromatic heterocycles. The summed E-state index contributed by atoms with van der Waals surface area (Å²) in [6.07, 6.45) is 3.94. The first-order chi connectivity index (χ1) is 10.8. The largest absolute Gasteiger partial charge is 0.497 e. The third-order valence-electron chi connectivity index (χ3n) is 4.56. The second-order valence-electron chi connectivity index (χ2n) is 6.24. The lowest BCUT2D eigenvalue weighted by atomic mass is 9.94. The summed E-state index contributed by atoms with van der Waals surface area (Å²) in [5, 5.41) is 2.64. The molecular weight excluding hydrogens is 268 g/mol. The zero-order valence-electron chi connectivity index (χ0n) is 12.9. The van der Waals surface area contributed by atoms with Crippen LogP contribution in [0, 0.1) is 5.92 Å². The summed E-state index contributed by atoms with van der Waals surface area (Å²) < 4.78 is 5.41. The summed E-state index contributed by atoms with van der Waals surface area (Å²) >= 11 is 0. The molecule has 0 radical (unpaired) electrons. The van der Waals surface area contributed by atoms with Crippen LogP contribution < -0.4 is 4.74 Å². The summed E-state index contributed by atoms with van der Waals surface area (Å²) in [7, 11) is 1.74. The monoisotopic (exact) mass is 288 g/mol. The number of hydrogen-bond donors (Lipinski definition) is 0. The lowest BCUT2D eigenvalue weighted by Gasteiger charge is -2.12. The highest BCUT2D eigenvalue weighted by Gasteiger charge is 2.22. The third-order valence-corrected chi connectivity index (χ3v) is 4.56. The average molecular weight is 288 g/mol. The fourth-order valence-electron chi connectivity index (χ4n) is 3.14. The molecule has 0 bridgehead atoms. The molecule has 0 atom stereocenters. The minimum atomic E-state index is 0.875. The van der Waals surface area contributed by atoms with Crippen LogP contribution in [-0.2, 0) is 6.42 Å². The van der Waals surface area contributed by atoms with E-state index in [1.807, 2.05) is 0 Å². The molecule has 1 aliphatic carbocycles. The highest BCUT2D eigenvalue weighted by Crippen LogP contribution is 2.37. The Morgan fingerprint density at radius 2 is 1.73 bits per heavy atom. The molecule has 0 spiro atoms.